The molecule has 0 spiro atoms. The van der Waals surface area contributed by atoms with E-state index in [1.807, 2.05) is 11.9 Å². The normalized spacial score (nSPS) is 19.8. The molecule has 0 saturated carbocycles. The summed E-state index contributed by atoms with van der Waals surface area (Å²) in [6, 6.07) is 8.12. The Balaban J connectivity index is 1.92. The summed E-state index contributed by atoms with van der Waals surface area (Å²) in [7, 11) is 1.88. The molecular weight excluding hydrogens is 390 g/mol. The second-order valence-corrected chi connectivity index (χ2v) is 7.61. The monoisotopic (exact) mass is 411 g/mol. The van der Waals surface area contributed by atoms with Crippen LogP contribution in [0.2, 0.25) is 0 Å². The van der Waals surface area contributed by atoms with Crippen molar-refractivity contribution >= 4 is 16.9 Å². The van der Waals surface area contributed by atoms with Crippen LogP contribution in [0.1, 0.15) is 28.3 Å². The minimum Gasteiger partial charge on any atom is -0.507 e. The molecule has 0 amide bonds. The van der Waals surface area contributed by atoms with Gasteiger partial charge in [-0.25, -0.2) is 4.79 Å². The molecule has 0 radical (unpaired) electrons. The lowest BCUT2D eigenvalue weighted by Gasteiger charge is -2.34. The number of likely N-dealkylation sites (N-methyl/N-ethyl adjacent to an activating group) is 1. The van der Waals surface area contributed by atoms with Crippen LogP contribution in [0.3, 0.4) is 0 Å². The van der Waals surface area contributed by atoms with Gasteiger partial charge in [-0.15, -0.1) is 0 Å². The fourth-order valence-electron chi connectivity index (χ4n) is 4.03. The standard InChI is InChI=1S/C22H21NO7/c1-23-7-6-13(17(27)10-23)19-14(24)8-15(25)20-16(26)9-18(30-21(19)20)11-2-4-12(5-3-11)22(28)29/h2-5,8-9,13,17,24-25,27H,6-7,10H2,1H3,(H,28,29)/t13-,17+/m0/s1. The Hall–Kier alpha value is -3.36. The molecule has 1 aliphatic rings. The molecule has 2 heterocycles. The highest BCUT2D eigenvalue weighted by atomic mass is 16.4. The molecule has 8 heteroatoms. The molecule has 1 aromatic heterocycles. The molecule has 4 N–H and O–H groups in total. The zero-order chi connectivity index (χ0) is 21.6. The molecule has 1 saturated heterocycles. The maximum absolute atomic E-state index is 12.8. The molecule has 30 heavy (non-hydrogen) atoms. The van der Waals surface area contributed by atoms with Gasteiger partial charge in [-0.2, -0.15) is 0 Å². The van der Waals surface area contributed by atoms with Gasteiger partial charge < -0.3 is 29.7 Å². The van der Waals surface area contributed by atoms with E-state index in [1.54, 1.807) is 0 Å². The third-order valence-electron chi connectivity index (χ3n) is 5.57. The Kier molecular flexibility index (Phi) is 4.97. The number of hydrogen-bond acceptors (Lipinski definition) is 7. The number of hydrogen-bond donors (Lipinski definition) is 4. The second kappa shape index (κ2) is 7.47. The van der Waals surface area contributed by atoms with Crippen LogP contribution in [-0.4, -0.2) is 57.5 Å². The molecule has 2 aromatic carbocycles. The molecule has 1 fully saturated rings. The average Bonchev–Trinajstić information content (AvgIpc) is 2.68. The Morgan fingerprint density at radius 3 is 2.47 bits per heavy atom. The summed E-state index contributed by atoms with van der Waals surface area (Å²) in [5, 5.41) is 40.4. The Bertz CT molecular complexity index is 1180. The summed E-state index contributed by atoms with van der Waals surface area (Å²) in [6.07, 6.45) is -0.252. The minimum atomic E-state index is -1.07. The zero-order valence-corrected chi connectivity index (χ0v) is 16.2. The van der Waals surface area contributed by atoms with E-state index in [0.717, 1.165) is 6.07 Å². The van der Waals surface area contributed by atoms with Crippen molar-refractivity contribution in [3.63, 3.8) is 0 Å². The van der Waals surface area contributed by atoms with Gasteiger partial charge in [-0.1, -0.05) is 12.1 Å². The van der Waals surface area contributed by atoms with Crippen LogP contribution in [0.4, 0.5) is 0 Å². The minimum absolute atomic E-state index is 0.0194. The molecule has 0 aliphatic carbocycles. The van der Waals surface area contributed by atoms with Gasteiger partial charge in [0, 0.05) is 35.7 Å². The Morgan fingerprint density at radius 2 is 1.83 bits per heavy atom. The lowest BCUT2D eigenvalue weighted by molar-refractivity contribution is 0.0630. The van der Waals surface area contributed by atoms with Crippen molar-refractivity contribution in [1.29, 1.82) is 0 Å². The number of aliphatic hydroxyl groups excluding tert-OH is 1. The van der Waals surface area contributed by atoms with Gasteiger partial charge >= 0.3 is 5.97 Å². The van der Waals surface area contributed by atoms with Gasteiger partial charge in [0.25, 0.3) is 0 Å². The lowest BCUT2D eigenvalue weighted by atomic mass is 9.85. The maximum Gasteiger partial charge on any atom is 0.335 e. The number of phenols is 2. The van der Waals surface area contributed by atoms with Gasteiger partial charge in [0.1, 0.15) is 28.2 Å². The number of carboxylic acids is 1. The number of β-amino-alcohol motifs (C(OH)–C–C–N with tert-alkyl or cyclic N) is 1. The average molecular weight is 411 g/mol. The fraction of sp³-hybridized carbons (Fsp3) is 0.273. The second-order valence-electron chi connectivity index (χ2n) is 7.61. The molecule has 8 nitrogen and oxygen atoms in total. The summed E-state index contributed by atoms with van der Waals surface area (Å²) in [6.45, 7) is 1.08. The maximum atomic E-state index is 12.8. The van der Waals surface area contributed by atoms with Crippen LogP contribution in [0.15, 0.2) is 45.6 Å². The summed E-state index contributed by atoms with van der Waals surface area (Å²) in [4.78, 5) is 25.8. The first kappa shape index (κ1) is 19.9. The highest BCUT2D eigenvalue weighted by Gasteiger charge is 2.33. The third-order valence-corrected chi connectivity index (χ3v) is 5.57. The number of carbonyl (C=O) groups is 1. The molecule has 2 atom stereocenters. The van der Waals surface area contributed by atoms with Gasteiger partial charge in [-0.3, -0.25) is 4.79 Å². The van der Waals surface area contributed by atoms with Crippen molar-refractivity contribution in [3.8, 4) is 22.8 Å². The highest BCUT2D eigenvalue weighted by Crippen LogP contribution is 2.42. The predicted octanol–water partition coefficient (Wildman–Crippen LogP) is 2.35. The van der Waals surface area contributed by atoms with E-state index in [-0.39, 0.29) is 33.6 Å². The molecule has 3 aromatic rings. The van der Waals surface area contributed by atoms with Crippen molar-refractivity contribution in [2.45, 2.75) is 18.4 Å². The van der Waals surface area contributed by atoms with E-state index < -0.39 is 29.2 Å². The number of rotatable bonds is 3. The number of fused-ring (bicyclic) bond motifs is 1. The van der Waals surface area contributed by atoms with Gasteiger partial charge in [-0.05, 0) is 32.1 Å². The van der Waals surface area contributed by atoms with Crippen molar-refractivity contribution in [1.82, 2.24) is 4.90 Å². The number of benzene rings is 2. The van der Waals surface area contributed by atoms with E-state index >= 15 is 0 Å². The van der Waals surface area contributed by atoms with E-state index in [4.69, 9.17) is 9.52 Å². The number of nitrogens with zero attached hydrogens (tertiary/aromatic N) is 1. The van der Waals surface area contributed by atoms with Crippen molar-refractivity contribution in [2.75, 3.05) is 20.1 Å². The van der Waals surface area contributed by atoms with Gasteiger partial charge in [0.05, 0.1) is 11.7 Å². The molecular formula is C22H21NO7. The number of aromatic carboxylic acids is 1. The smallest absolute Gasteiger partial charge is 0.335 e. The number of phenolic OH excluding ortho intramolecular Hbond substituents is 2. The Labute approximate surface area is 171 Å². The topological polar surface area (TPSA) is 131 Å². The van der Waals surface area contributed by atoms with Gasteiger partial charge in [0.2, 0.25) is 0 Å². The van der Waals surface area contributed by atoms with Crippen molar-refractivity contribution in [2.24, 2.45) is 0 Å². The van der Waals surface area contributed by atoms with Gasteiger partial charge in [0.15, 0.2) is 5.43 Å². The zero-order valence-electron chi connectivity index (χ0n) is 16.2. The summed E-state index contributed by atoms with van der Waals surface area (Å²) >= 11 is 0. The summed E-state index contributed by atoms with van der Waals surface area (Å²) in [5.74, 6) is -2.05. The van der Waals surface area contributed by atoms with Crippen molar-refractivity contribution in [3.05, 3.63) is 57.7 Å². The highest BCUT2D eigenvalue weighted by molar-refractivity contribution is 5.90. The molecule has 4 rings (SSSR count). The molecule has 1 aliphatic heterocycles. The van der Waals surface area contributed by atoms with Crippen LogP contribution in [0.25, 0.3) is 22.3 Å². The van der Waals surface area contributed by atoms with Crippen LogP contribution < -0.4 is 5.43 Å². The number of aromatic hydroxyl groups is 2. The number of aliphatic hydroxyl groups is 1. The summed E-state index contributed by atoms with van der Waals surface area (Å²) < 4.78 is 5.96. The summed E-state index contributed by atoms with van der Waals surface area (Å²) in [5.41, 5.74) is 0.356. The first-order chi connectivity index (χ1) is 14.3. The number of likely N-dealkylation sites (tertiary alicyclic amines) is 1. The quantitative estimate of drug-likeness (QED) is 0.517. The first-order valence-electron chi connectivity index (χ1n) is 9.49. The van der Waals surface area contributed by atoms with Crippen LogP contribution in [0.5, 0.6) is 11.5 Å². The largest absolute Gasteiger partial charge is 0.507 e. The predicted molar refractivity (Wildman–Crippen MR) is 109 cm³/mol. The van der Waals surface area contributed by atoms with E-state index in [2.05, 4.69) is 0 Å². The SMILES string of the molecule is CN1CC[C@H](c2c(O)cc(O)c3c(=O)cc(-c4ccc(C(=O)O)cc4)oc23)[C@H](O)C1. The fourth-order valence-corrected chi connectivity index (χ4v) is 4.03. The van der Waals surface area contributed by atoms with E-state index in [1.165, 1.54) is 30.3 Å². The van der Waals surface area contributed by atoms with Crippen molar-refractivity contribution < 1.29 is 29.6 Å². The number of carboxylic acid groups (broad SMARTS) is 1. The van der Waals surface area contributed by atoms with E-state index in [0.29, 0.717) is 25.1 Å². The first-order valence-corrected chi connectivity index (χ1v) is 9.49. The van der Waals surface area contributed by atoms with Crippen LogP contribution in [0, 0.1) is 0 Å². The van der Waals surface area contributed by atoms with E-state index in [9.17, 15) is 24.9 Å². The Morgan fingerprint density at radius 1 is 1.13 bits per heavy atom. The number of piperidine rings is 1. The third kappa shape index (κ3) is 3.40. The van der Waals surface area contributed by atoms with Crippen LogP contribution >= 0.6 is 0 Å². The van der Waals surface area contributed by atoms with Crippen LogP contribution in [-0.2, 0) is 0 Å². The molecule has 0 unspecified atom stereocenters. The lowest BCUT2D eigenvalue weighted by Crippen LogP contribution is -2.40. The molecule has 156 valence electrons. The molecule has 0 bridgehead atoms.